The van der Waals surface area contributed by atoms with Crippen LogP contribution >= 0.6 is 0 Å². The summed E-state index contributed by atoms with van der Waals surface area (Å²) in [5, 5.41) is 6.26. The van der Waals surface area contributed by atoms with Gasteiger partial charge in [-0.15, -0.1) is 0 Å². The maximum atomic E-state index is 11.8. The maximum Gasteiger partial charge on any atom is 0.277 e. The SMILES string of the molecule is O=C(COc1ccc2ccccc2c1)N/N=C\[C@H]1CC=CCC1. The Kier molecular flexibility index (Phi) is 5.04. The number of hydrogen-bond acceptors (Lipinski definition) is 3. The Bertz CT molecular complexity index is 737. The molecule has 0 unspecified atom stereocenters. The molecule has 0 radical (unpaired) electrons. The molecule has 2 aromatic carbocycles. The Balaban J connectivity index is 1.47. The predicted molar refractivity (Wildman–Crippen MR) is 92.6 cm³/mol. The van der Waals surface area contributed by atoms with Gasteiger partial charge in [0.05, 0.1) is 0 Å². The third-order valence-corrected chi connectivity index (χ3v) is 3.88. The summed E-state index contributed by atoms with van der Waals surface area (Å²) in [5.41, 5.74) is 2.52. The molecule has 2 aromatic rings. The zero-order valence-corrected chi connectivity index (χ0v) is 12.9. The third-order valence-electron chi connectivity index (χ3n) is 3.88. The molecule has 4 nitrogen and oxygen atoms in total. The second kappa shape index (κ2) is 7.58. The van der Waals surface area contributed by atoms with Gasteiger partial charge in [-0.25, -0.2) is 5.43 Å². The molecule has 1 amide bonds. The second-order valence-electron chi connectivity index (χ2n) is 5.66. The van der Waals surface area contributed by atoms with Crippen molar-refractivity contribution in [2.45, 2.75) is 19.3 Å². The number of rotatable bonds is 5. The molecular weight excluding hydrogens is 288 g/mol. The van der Waals surface area contributed by atoms with Crippen molar-refractivity contribution in [2.24, 2.45) is 11.0 Å². The van der Waals surface area contributed by atoms with Crippen molar-refractivity contribution in [3.05, 3.63) is 54.6 Å². The quantitative estimate of drug-likeness (QED) is 0.520. The van der Waals surface area contributed by atoms with E-state index in [0.717, 1.165) is 30.0 Å². The molecule has 0 saturated heterocycles. The number of fused-ring (bicyclic) bond motifs is 1. The smallest absolute Gasteiger partial charge is 0.277 e. The van der Waals surface area contributed by atoms with E-state index < -0.39 is 0 Å². The van der Waals surface area contributed by atoms with Crippen LogP contribution < -0.4 is 10.2 Å². The first-order chi connectivity index (χ1) is 11.3. The lowest BCUT2D eigenvalue weighted by atomic mass is 9.96. The van der Waals surface area contributed by atoms with Gasteiger partial charge in [0.15, 0.2) is 6.61 Å². The summed E-state index contributed by atoms with van der Waals surface area (Å²) in [6.45, 7) is -0.0414. The average molecular weight is 308 g/mol. The molecule has 1 N–H and O–H groups in total. The lowest BCUT2D eigenvalue weighted by Gasteiger charge is -2.11. The van der Waals surface area contributed by atoms with Crippen LogP contribution in [0, 0.1) is 5.92 Å². The topological polar surface area (TPSA) is 50.7 Å². The summed E-state index contributed by atoms with van der Waals surface area (Å²) in [7, 11) is 0. The van der Waals surface area contributed by atoms with Crippen LogP contribution in [0.5, 0.6) is 5.75 Å². The molecule has 1 aliphatic carbocycles. The van der Waals surface area contributed by atoms with E-state index in [1.807, 2.05) is 48.7 Å². The van der Waals surface area contributed by atoms with Gasteiger partial charge in [-0.05, 0) is 48.1 Å². The van der Waals surface area contributed by atoms with Gasteiger partial charge in [-0.3, -0.25) is 4.79 Å². The molecule has 3 rings (SSSR count). The first kappa shape index (κ1) is 15.3. The van der Waals surface area contributed by atoms with Crippen molar-refractivity contribution in [1.82, 2.24) is 5.43 Å². The van der Waals surface area contributed by atoms with Crippen molar-refractivity contribution in [1.29, 1.82) is 0 Å². The van der Waals surface area contributed by atoms with E-state index in [2.05, 4.69) is 22.7 Å². The molecule has 1 atom stereocenters. The van der Waals surface area contributed by atoms with Crippen LogP contribution in [0.4, 0.5) is 0 Å². The van der Waals surface area contributed by atoms with Gasteiger partial charge in [-0.2, -0.15) is 5.10 Å². The number of hydrazone groups is 1. The minimum Gasteiger partial charge on any atom is -0.484 e. The van der Waals surface area contributed by atoms with Gasteiger partial charge in [-0.1, -0.05) is 42.5 Å². The molecule has 0 fully saturated rings. The molecular formula is C19H20N2O2. The van der Waals surface area contributed by atoms with Crippen LogP contribution in [0.15, 0.2) is 59.7 Å². The Hall–Kier alpha value is -2.62. The standard InChI is InChI=1S/C19H20N2O2/c22-19(21-20-13-15-6-2-1-3-7-15)14-23-18-11-10-16-8-4-5-9-17(16)12-18/h1-2,4-5,8-13,15H,3,6-7,14H2,(H,21,22)/b20-13-/t15-/m0/s1. The zero-order chi connectivity index (χ0) is 15.9. The van der Waals surface area contributed by atoms with Crippen LogP contribution in [-0.4, -0.2) is 18.7 Å². The number of hydrogen-bond donors (Lipinski definition) is 1. The van der Waals surface area contributed by atoms with Crippen LogP contribution in [0.25, 0.3) is 10.8 Å². The number of carbonyl (C=O) groups excluding carboxylic acids is 1. The average Bonchev–Trinajstić information content (AvgIpc) is 2.61. The summed E-state index contributed by atoms with van der Waals surface area (Å²) in [6, 6.07) is 13.8. The van der Waals surface area contributed by atoms with E-state index in [-0.39, 0.29) is 12.5 Å². The van der Waals surface area contributed by atoms with E-state index in [1.165, 1.54) is 0 Å². The molecule has 0 aliphatic heterocycles. The Labute approximate surface area is 135 Å². The number of allylic oxidation sites excluding steroid dienone is 2. The first-order valence-corrected chi connectivity index (χ1v) is 7.90. The van der Waals surface area contributed by atoms with Gasteiger partial charge in [0.1, 0.15) is 5.75 Å². The molecule has 0 heterocycles. The van der Waals surface area contributed by atoms with Crippen LogP contribution in [0.3, 0.4) is 0 Å². The Morgan fingerprint density at radius 2 is 2.09 bits per heavy atom. The largest absolute Gasteiger partial charge is 0.484 e. The predicted octanol–water partition coefficient (Wildman–Crippen LogP) is 3.68. The fraction of sp³-hybridized carbons (Fsp3) is 0.263. The van der Waals surface area contributed by atoms with Crippen molar-refractivity contribution in [2.75, 3.05) is 6.61 Å². The van der Waals surface area contributed by atoms with Gasteiger partial charge >= 0.3 is 0 Å². The summed E-state index contributed by atoms with van der Waals surface area (Å²) in [4.78, 5) is 11.8. The van der Waals surface area contributed by atoms with E-state index in [9.17, 15) is 4.79 Å². The molecule has 0 bridgehead atoms. The van der Waals surface area contributed by atoms with E-state index in [4.69, 9.17) is 4.74 Å². The molecule has 1 aliphatic rings. The fourth-order valence-electron chi connectivity index (χ4n) is 2.61. The molecule has 118 valence electrons. The summed E-state index contributed by atoms with van der Waals surface area (Å²) in [5.74, 6) is 0.850. The summed E-state index contributed by atoms with van der Waals surface area (Å²) >= 11 is 0. The Morgan fingerprint density at radius 3 is 2.91 bits per heavy atom. The zero-order valence-electron chi connectivity index (χ0n) is 12.9. The minimum absolute atomic E-state index is 0.0414. The van der Waals surface area contributed by atoms with E-state index in [1.54, 1.807) is 0 Å². The normalized spacial score (nSPS) is 17.5. The maximum absolute atomic E-state index is 11.8. The molecule has 0 spiro atoms. The van der Waals surface area contributed by atoms with Crippen molar-refractivity contribution in [3.8, 4) is 5.75 Å². The summed E-state index contributed by atoms with van der Waals surface area (Å²) in [6.07, 6.45) is 9.31. The minimum atomic E-state index is -0.249. The molecule has 0 saturated carbocycles. The monoisotopic (exact) mass is 308 g/mol. The van der Waals surface area contributed by atoms with Gasteiger partial charge < -0.3 is 4.74 Å². The lowest BCUT2D eigenvalue weighted by Crippen LogP contribution is -2.25. The lowest BCUT2D eigenvalue weighted by molar-refractivity contribution is -0.123. The first-order valence-electron chi connectivity index (χ1n) is 7.90. The number of nitrogens with one attached hydrogen (secondary N) is 1. The second-order valence-corrected chi connectivity index (χ2v) is 5.66. The molecule has 23 heavy (non-hydrogen) atoms. The molecule has 0 aromatic heterocycles. The number of amides is 1. The summed E-state index contributed by atoms with van der Waals surface area (Å²) < 4.78 is 5.52. The molecule has 4 heteroatoms. The number of carbonyl (C=O) groups is 1. The van der Waals surface area contributed by atoms with E-state index in [0.29, 0.717) is 11.7 Å². The number of benzene rings is 2. The highest BCUT2D eigenvalue weighted by Crippen LogP contribution is 2.20. The highest BCUT2D eigenvalue weighted by atomic mass is 16.5. The van der Waals surface area contributed by atoms with Crippen molar-refractivity contribution in [3.63, 3.8) is 0 Å². The highest BCUT2D eigenvalue weighted by Gasteiger charge is 2.07. The van der Waals surface area contributed by atoms with Crippen LogP contribution in [-0.2, 0) is 4.79 Å². The van der Waals surface area contributed by atoms with Crippen LogP contribution in [0.2, 0.25) is 0 Å². The van der Waals surface area contributed by atoms with E-state index >= 15 is 0 Å². The van der Waals surface area contributed by atoms with Crippen molar-refractivity contribution < 1.29 is 9.53 Å². The van der Waals surface area contributed by atoms with Gasteiger partial charge in [0.2, 0.25) is 0 Å². The van der Waals surface area contributed by atoms with Crippen LogP contribution in [0.1, 0.15) is 19.3 Å². The van der Waals surface area contributed by atoms with Crippen molar-refractivity contribution >= 4 is 22.9 Å². The third kappa shape index (κ3) is 4.42. The van der Waals surface area contributed by atoms with Gasteiger partial charge in [0, 0.05) is 6.21 Å². The fourth-order valence-corrected chi connectivity index (χ4v) is 2.61. The Morgan fingerprint density at radius 1 is 1.22 bits per heavy atom. The number of nitrogens with zero attached hydrogens (tertiary/aromatic N) is 1. The highest BCUT2D eigenvalue weighted by molar-refractivity contribution is 5.84. The number of ether oxygens (including phenoxy) is 1. The van der Waals surface area contributed by atoms with Gasteiger partial charge in [0.25, 0.3) is 5.91 Å².